The van der Waals surface area contributed by atoms with E-state index in [2.05, 4.69) is 14.7 Å². The lowest BCUT2D eigenvalue weighted by molar-refractivity contribution is -0.176. The number of carbonyl (C=O) groups excluding carboxylic acids is 1. The lowest BCUT2D eigenvalue weighted by Gasteiger charge is -2.31. The number of hydrogen-bond donors (Lipinski definition) is 0. The molecule has 1 aromatic heterocycles. The van der Waals surface area contributed by atoms with E-state index in [0.29, 0.717) is 49.7 Å². The summed E-state index contributed by atoms with van der Waals surface area (Å²) in [6.45, 7) is 3.49. The number of piperidine rings is 1. The summed E-state index contributed by atoms with van der Waals surface area (Å²) < 4.78 is 46.2. The Morgan fingerprint density at radius 1 is 1.36 bits per heavy atom. The second-order valence-electron chi connectivity index (χ2n) is 5.88. The Morgan fingerprint density at radius 2 is 2.04 bits per heavy atom. The van der Waals surface area contributed by atoms with Crippen molar-refractivity contribution in [2.45, 2.75) is 39.5 Å². The molecule has 25 heavy (non-hydrogen) atoms. The minimum Gasteiger partial charge on any atom is -0.466 e. The van der Waals surface area contributed by atoms with Crippen molar-refractivity contribution in [2.24, 2.45) is 5.92 Å². The molecule has 0 aromatic carbocycles. The first kappa shape index (κ1) is 19.4. The fourth-order valence-corrected chi connectivity index (χ4v) is 2.63. The number of alkyl halides is 3. The van der Waals surface area contributed by atoms with Crippen LogP contribution < -0.4 is 4.90 Å². The van der Waals surface area contributed by atoms with Crippen LogP contribution >= 0.6 is 0 Å². The van der Waals surface area contributed by atoms with E-state index < -0.39 is 12.8 Å². The van der Waals surface area contributed by atoms with Gasteiger partial charge in [-0.3, -0.25) is 9.78 Å². The first-order chi connectivity index (χ1) is 11.8. The summed E-state index contributed by atoms with van der Waals surface area (Å²) in [6.07, 6.45) is -1.48. The maximum atomic E-state index is 12.2. The second-order valence-corrected chi connectivity index (χ2v) is 5.88. The highest BCUT2D eigenvalue weighted by atomic mass is 19.4. The normalized spacial score (nSPS) is 16.1. The Labute approximate surface area is 144 Å². The Hall–Kier alpha value is -1.90. The number of aromatic nitrogens is 2. The van der Waals surface area contributed by atoms with Crippen molar-refractivity contribution in [3.05, 3.63) is 17.6 Å². The topological polar surface area (TPSA) is 64.5 Å². The smallest absolute Gasteiger partial charge is 0.411 e. The third kappa shape index (κ3) is 5.84. The van der Waals surface area contributed by atoms with Crippen LogP contribution in [0.15, 0.2) is 6.20 Å². The molecule has 0 atom stereocenters. The molecular weight excluding hydrogens is 339 g/mol. The molecule has 140 valence electrons. The maximum Gasteiger partial charge on any atom is 0.411 e. The van der Waals surface area contributed by atoms with Crippen LogP contribution in [0.3, 0.4) is 0 Å². The summed E-state index contributed by atoms with van der Waals surface area (Å²) >= 11 is 0. The van der Waals surface area contributed by atoms with Gasteiger partial charge in [-0.15, -0.1) is 0 Å². The predicted octanol–water partition coefficient (Wildman–Crippen LogP) is 2.64. The maximum absolute atomic E-state index is 12.2. The minimum atomic E-state index is -4.37. The van der Waals surface area contributed by atoms with Gasteiger partial charge in [-0.25, -0.2) is 4.98 Å². The molecule has 2 heterocycles. The van der Waals surface area contributed by atoms with Crippen LogP contribution in [-0.2, 0) is 20.9 Å². The van der Waals surface area contributed by atoms with Crippen LogP contribution in [0.5, 0.6) is 0 Å². The Kier molecular flexibility index (Phi) is 6.57. The van der Waals surface area contributed by atoms with Gasteiger partial charge >= 0.3 is 12.1 Å². The predicted molar refractivity (Wildman–Crippen MR) is 84.1 cm³/mol. The number of carbonyl (C=O) groups is 1. The van der Waals surface area contributed by atoms with Crippen molar-refractivity contribution in [3.8, 4) is 0 Å². The number of aryl methyl sites for hydroxylation is 1. The van der Waals surface area contributed by atoms with E-state index in [0.717, 1.165) is 0 Å². The van der Waals surface area contributed by atoms with Crippen molar-refractivity contribution < 1.29 is 27.4 Å². The van der Waals surface area contributed by atoms with Crippen LogP contribution in [0.4, 0.5) is 19.0 Å². The van der Waals surface area contributed by atoms with Crippen molar-refractivity contribution in [2.75, 3.05) is 31.2 Å². The molecule has 1 saturated heterocycles. The van der Waals surface area contributed by atoms with Gasteiger partial charge in [0.05, 0.1) is 36.7 Å². The molecule has 2 rings (SSSR count). The van der Waals surface area contributed by atoms with Crippen LogP contribution in [0.1, 0.15) is 31.2 Å². The van der Waals surface area contributed by atoms with Gasteiger partial charge in [0.25, 0.3) is 0 Å². The zero-order chi connectivity index (χ0) is 18.4. The van der Waals surface area contributed by atoms with E-state index >= 15 is 0 Å². The molecule has 0 amide bonds. The Morgan fingerprint density at radius 3 is 2.64 bits per heavy atom. The van der Waals surface area contributed by atoms with E-state index in [1.54, 1.807) is 20.0 Å². The highest BCUT2D eigenvalue weighted by Crippen LogP contribution is 2.23. The molecule has 1 aliphatic heterocycles. The average molecular weight is 361 g/mol. The van der Waals surface area contributed by atoms with Gasteiger partial charge in [0.15, 0.2) is 0 Å². The second kappa shape index (κ2) is 8.46. The Balaban J connectivity index is 1.94. The van der Waals surface area contributed by atoms with Gasteiger partial charge in [0.1, 0.15) is 12.4 Å². The molecule has 9 heteroatoms. The summed E-state index contributed by atoms with van der Waals surface area (Å²) in [5.74, 6) is 0.279. The number of halogens is 3. The first-order valence-electron chi connectivity index (χ1n) is 8.18. The van der Waals surface area contributed by atoms with Gasteiger partial charge in [-0.2, -0.15) is 13.2 Å². The summed E-state index contributed by atoms with van der Waals surface area (Å²) in [4.78, 5) is 22.3. The number of ether oxygens (including phenoxy) is 2. The molecule has 1 fully saturated rings. The van der Waals surface area contributed by atoms with E-state index in [9.17, 15) is 18.0 Å². The number of esters is 1. The van der Waals surface area contributed by atoms with E-state index in [-0.39, 0.29) is 18.5 Å². The minimum absolute atomic E-state index is 0.121. The third-order valence-corrected chi connectivity index (χ3v) is 3.98. The number of anilines is 1. The zero-order valence-corrected chi connectivity index (χ0v) is 14.3. The fourth-order valence-electron chi connectivity index (χ4n) is 2.63. The molecule has 0 spiro atoms. The number of hydrogen-bond acceptors (Lipinski definition) is 6. The summed E-state index contributed by atoms with van der Waals surface area (Å²) in [5.41, 5.74) is 0.918. The largest absolute Gasteiger partial charge is 0.466 e. The van der Waals surface area contributed by atoms with Gasteiger partial charge in [0.2, 0.25) is 0 Å². The summed E-state index contributed by atoms with van der Waals surface area (Å²) in [5, 5.41) is 0. The quantitative estimate of drug-likeness (QED) is 0.726. The molecule has 6 nitrogen and oxygen atoms in total. The lowest BCUT2D eigenvalue weighted by Crippen LogP contribution is -2.37. The molecule has 0 saturated carbocycles. The van der Waals surface area contributed by atoms with Crippen LogP contribution in [0.25, 0.3) is 0 Å². The summed E-state index contributed by atoms with van der Waals surface area (Å²) in [6, 6.07) is 0. The third-order valence-electron chi connectivity index (χ3n) is 3.98. The average Bonchev–Trinajstić information content (AvgIpc) is 2.56. The molecule has 1 aromatic rings. The molecule has 0 N–H and O–H groups in total. The van der Waals surface area contributed by atoms with Crippen molar-refractivity contribution >= 4 is 11.8 Å². The monoisotopic (exact) mass is 361 g/mol. The van der Waals surface area contributed by atoms with Crippen molar-refractivity contribution in [1.29, 1.82) is 0 Å². The SMILES string of the molecule is CCOC(=O)C1CCN(c2cnc(C)c(COCC(F)(F)F)n2)CC1. The number of rotatable bonds is 6. The molecule has 0 aliphatic carbocycles. The number of nitrogens with zero attached hydrogens (tertiary/aromatic N) is 3. The fraction of sp³-hybridized carbons (Fsp3) is 0.688. The van der Waals surface area contributed by atoms with Crippen LogP contribution in [-0.4, -0.2) is 48.4 Å². The van der Waals surface area contributed by atoms with E-state index in [4.69, 9.17) is 4.74 Å². The van der Waals surface area contributed by atoms with Crippen molar-refractivity contribution in [3.63, 3.8) is 0 Å². The van der Waals surface area contributed by atoms with Crippen LogP contribution in [0.2, 0.25) is 0 Å². The van der Waals surface area contributed by atoms with Gasteiger partial charge in [-0.1, -0.05) is 0 Å². The molecule has 0 unspecified atom stereocenters. The molecule has 0 radical (unpaired) electrons. The van der Waals surface area contributed by atoms with E-state index in [1.165, 1.54) is 0 Å². The first-order valence-corrected chi connectivity index (χ1v) is 8.18. The van der Waals surface area contributed by atoms with Gasteiger partial charge in [0, 0.05) is 13.1 Å². The molecule has 1 aliphatic rings. The van der Waals surface area contributed by atoms with Gasteiger partial charge < -0.3 is 14.4 Å². The molecule has 0 bridgehead atoms. The highest BCUT2D eigenvalue weighted by molar-refractivity contribution is 5.72. The Bertz CT molecular complexity index is 588. The van der Waals surface area contributed by atoms with Gasteiger partial charge in [-0.05, 0) is 26.7 Å². The van der Waals surface area contributed by atoms with Crippen LogP contribution in [0, 0.1) is 12.8 Å². The summed E-state index contributed by atoms with van der Waals surface area (Å²) in [7, 11) is 0. The van der Waals surface area contributed by atoms with E-state index in [1.807, 2.05) is 4.90 Å². The zero-order valence-electron chi connectivity index (χ0n) is 14.3. The highest BCUT2D eigenvalue weighted by Gasteiger charge is 2.28. The lowest BCUT2D eigenvalue weighted by atomic mass is 9.97. The molecular formula is C16H22F3N3O3. The standard InChI is InChI=1S/C16H22F3N3O3/c1-3-25-15(23)12-4-6-22(7-5-12)14-8-20-11(2)13(21-14)9-24-10-16(17,18)19/h8,12H,3-7,9-10H2,1-2H3. The van der Waals surface area contributed by atoms with Crippen molar-refractivity contribution in [1.82, 2.24) is 9.97 Å².